The van der Waals surface area contributed by atoms with Gasteiger partial charge >= 0.3 is 0 Å². The fourth-order valence-corrected chi connectivity index (χ4v) is 3.40. The van der Waals surface area contributed by atoms with E-state index < -0.39 is 0 Å². The zero-order valence-corrected chi connectivity index (χ0v) is 12.7. The van der Waals surface area contributed by atoms with Gasteiger partial charge in [-0.3, -0.25) is 0 Å². The molecule has 0 spiro atoms. The first-order chi connectivity index (χ1) is 10.4. The van der Waals surface area contributed by atoms with E-state index in [0.717, 1.165) is 0 Å². The van der Waals surface area contributed by atoms with Gasteiger partial charge < -0.3 is 0 Å². The van der Waals surface area contributed by atoms with E-state index in [9.17, 15) is 0 Å². The molecule has 3 aliphatic rings. The van der Waals surface area contributed by atoms with E-state index in [0.29, 0.717) is 5.92 Å². The van der Waals surface area contributed by atoms with Gasteiger partial charge in [-0.05, 0) is 41.6 Å². The van der Waals surface area contributed by atoms with Crippen molar-refractivity contribution in [2.24, 2.45) is 5.92 Å². The van der Waals surface area contributed by atoms with Crippen LogP contribution in [-0.4, -0.2) is 0 Å². The summed E-state index contributed by atoms with van der Waals surface area (Å²) in [6.07, 6.45) is 27.6. The van der Waals surface area contributed by atoms with E-state index in [1.807, 2.05) is 0 Å². The second kappa shape index (κ2) is 6.76. The van der Waals surface area contributed by atoms with Gasteiger partial charge in [0.2, 0.25) is 0 Å². The first kappa shape index (κ1) is 14.1. The summed E-state index contributed by atoms with van der Waals surface area (Å²) >= 11 is 0. The molecule has 4 bridgehead atoms. The van der Waals surface area contributed by atoms with Crippen LogP contribution in [0.2, 0.25) is 0 Å². The fraction of sp³-hybridized carbons (Fsp3) is 0.333. The average molecular weight is 276 g/mol. The molecule has 0 unspecified atom stereocenters. The van der Waals surface area contributed by atoms with E-state index in [1.54, 1.807) is 0 Å². The van der Waals surface area contributed by atoms with Gasteiger partial charge in [0.15, 0.2) is 0 Å². The lowest BCUT2D eigenvalue weighted by molar-refractivity contribution is 0.572. The van der Waals surface area contributed by atoms with Crippen LogP contribution in [0.3, 0.4) is 0 Å². The van der Waals surface area contributed by atoms with Crippen LogP contribution >= 0.6 is 0 Å². The topological polar surface area (TPSA) is 0 Å². The highest BCUT2D eigenvalue weighted by molar-refractivity contribution is 5.58. The Kier molecular flexibility index (Phi) is 4.55. The maximum Gasteiger partial charge on any atom is 0.00213 e. The molecule has 0 heteroatoms. The number of rotatable bonds is 0. The Morgan fingerprint density at radius 2 is 1.62 bits per heavy atom. The quantitative estimate of drug-likeness (QED) is 0.510. The highest BCUT2D eigenvalue weighted by Gasteiger charge is 2.18. The summed E-state index contributed by atoms with van der Waals surface area (Å²) < 4.78 is 0. The molecule has 0 aromatic carbocycles. The predicted molar refractivity (Wildman–Crippen MR) is 92.0 cm³/mol. The maximum atomic E-state index is 4.45. The van der Waals surface area contributed by atoms with Crippen molar-refractivity contribution in [2.45, 2.75) is 38.5 Å². The normalized spacial score (nSPS) is 37.8. The van der Waals surface area contributed by atoms with Crippen molar-refractivity contribution in [3.05, 3.63) is 83.6 Å². The lowest BCUT2D eigenvalue weighted by Gasteiger charge is -2.22. The number of hydrogen-bond acceptors (Lipinski definition) is 0. The monoisotopic (exact) mass is 276 g/mol. The zero-order chi connectivity index (χ0) is 14.5. The van der Waals surface area contributed by atoms with Crippen LogP contribution < -0.4 is 0 Å². The summed E-state index contributed by atoms with van der Waals surface area (Å²) in [5, 5.41) is 0. The second-order valence-corrected chi connectivity index (χ2v) is 6.09. The Morgan fingerprint density at radius 1 is 0.810 bits per heavy atom. The Bertz CT molecular complexity index is 588. The van der Waals surface area contributed by atoms with Gasteiger partial charge in [-0.2, -0.15) is 0 Å². The molecule has 0 saturated carbocycles. The number of fused-ring (bicyclic) bond motifs is 1. The summed E-state index contributed by atoms with van der Waals surface area (Å²) in [4.78, 5) is 0. The first-order valence-electron chi connectivity index (χ1n) is 8.19. The Labute approximate surface area is 128 Å². The van der Waals surface area contributed by atoms with Gasteiger partial charge in [0.1, 0.15) is 0 Å². The smallest absolute Gasteiger partial charge is 0.00213 e. The molecule has 0 aromatic heterocycles. The van der Waals surface area contributed by atoms with Crippen LogP contribution in [0.4, 0.5) is 0 Å². The van der Waals surface area contributed by atoms with Crippen molar-refractivity contribution in [2.75, 3.05) is 0 Å². The Hall–Kier alpha value is -1.82. The molecule has 0 aromatic rings. The first-order valence-corrected chi connectivity index (χ1v) is 8.19. The highest BCUT2D eigenvalue weighted by atomic mass is 14.2. The molecule has 21 heavy (non-hydrogen) atoms. The molecule has 0 fully saturated rings. The van der Waals surface area contributed by atoms with Crippen molar-refractivity contribution >= 4 is 0 Å². The van der Waals surface area contributed by atoms with E-state index in [2.05, 4.69) is 61.3 Å². The summed E-state index contributed by atoms with van der Waals surface area (Å²) in [5.41, 5.74) is 5.44. The van der Waals surface area contributed by atoms with Gasteiger partial charge in [-0.1, -0.05) is 80.5 Å². The third-order valence-corrected chi connectivity index (χ3v) is 4.64. The van der Waals surface area contributed by atoms with Gasteiger partial charge in [0, 0.05) is 5.92 Å². The summed E-state index contributed by atoms with van der Waals surface area (Å²) in [5.74, 6) is 0.479. The van der Waals surface area contributed by atoms with Gasteiger partial charge in [0.25, 0.3) is 0 Å². The molecule has 0 aliphatic heterocycles. The zero-order valence-electron chi connectivity index (χ0n) is 12.7. The van der Waals surface area contributed by atoms with Gasteiger partial charge in [-0.15, -0.1) is 0 Å². The Morgan fingerprint density at radius 3 is 2.57 bits per heavy atom. The fourth-order valence-electron chi connectivity index (χ4n) is 3.40. The predicted octanol–water partition coefficient (Wildman–Crippen LogP) is 5.99. The number of hydrogen-bond donors (Lipinski definition) is 0. The average Bonchev–Trinajstić information content (AvgIpc) is 2.47. The van der Waals surface area contributed by atoms with Crippen LogP contribution in [0.15, 0.2) is 83.6 Å². The summed E-state index contributed by atoms with van der Waals surface area (Å²) in [6, 6.07) is 0. The highest BCUT2D eigenvalue weighted by Crippen LogP contribution is 2.35. The molecular weight excluding hydrogens is 252 g/mol. The number of allylic oxidation sites excluding steroid dienone is 13. The molecule has 0 amide bonds. The van der Waals surface area contributed by atoms with E-state index in [-0.39, 0.29) is 0 Å². The maximum absolute atomic E-state index is 4.45. The molecule has 0 radical (unpaired) electrons. The van der Waals surface area contributed by atoms with E-state index >= 15 is 0 Å². The standard InChI is InChI=1S/C21H24/c1-17-18-11-5-2-3-6-13-19-14-7-4-8-15-20(17)21(19)16-10-9-12-18/h4,7-10,12,14-16,18H,1-3,5-6,11,13H2/b7-4-,8-4?,12-9-,14-7?,15-8-,16-10-,19-14-,20-15?,21-19?,21-20+/t18-/m0/s1. The van der Waals surface area contributed by atoms with Crippen LogP contribution in [0.25, 0.3) is 0 Å². The Balaban J connectivity index is 2.13. The van der Waals surface area contributed by atoms with Crippen LogP contribution in [0, 0.1) is 5.92 Å². The molecule has 0 saturated heterocycles. The largest absolute Gasteiger partial charge is 0.0946 e. The van der Waals surface area contributed by atoms with Crippen molar-refractivity contribution in [1.82, 2.24) is 0 Å². The molecule has 3 rings (SSSR count). The molecular formula is C21H24. The van der Waals surface area contributed by atoms with E-state index in [1.165, 1.54) is 60.8 Å². The van der Waals surface area contributed by atoms with Gasteiger partial charge in [-0.25, -0.2) is 0 Å². The van der Waals surface area contributed by atoms with Crippen molar-refractivity contribution in [3.63, 3.8) is 0 Å². The summed E-state index contributed by atoms with van der Waals surface area (Å²) in [6.45, 7) is 4.45. The van der Waals surface area contributed by atoms with Crippen LogP contribution in [0.5, 0.6) is 0 Å². The van der Waals surface area contributed by atoms with Crippen LogP contribution in [0.1, 0.15) is 38.5 Å². The minimum atomic E-state index is 0.479. The van der Waals surface area contributed by atoms with E-state index in [4.69, 9.17) is 0 Å². The van der Waals surface area contributed by atoms with Crippen LogP contribution in [-0.2, 0) is 0 Å². The molecule has 1 atom stereocenters. The molecule has 0 N–H and O–H groups in total. The van der Waals surface area contributed by atoms with Crippen molar-refractivity contribution in [3.8, 4) is 0 Å². The minimum absolute atomic E-state index is 0.479. The molecule has 0 nitrogen and oxygen atoms in total. The third kappa shape index (κ3) is 3.26. The lowest BCUT2D eigenvalue weighted by Crippen LogP contribution is -2.06. The third-order valence-electron chi connectivity index (χ3n) is 4.64. The molecule has 108 valence electrons. The van der Waals surface area contributed by atoms with Crippen molar-refractivity contribution < 1.29 is 0 Å². The SMILES string of the molecule is C=C1C2=C3\C=C/C=C\[C@@H]1CCCCCC\C3=C\C=C/C=C\2. The summed E-state index contributed by atoms with van der Waals surface area (Å²) in [7, 11) is 0. The van der Waals surface area contributed by atoms with Gasteiger partial charge in [0.05, 0.1) is 0 Å². The second-order valence-electron chi connectivity index (χ2n) is 6.09. The van der Waals surface area contributed by atoms with Crippen molar-refractivity contribution in [1.29, 1.82) is 0 Å². The molecule has 0 heterocycles. The lowest BCUT2D eigenvalue weighted by atomic mass is 9.83. The molecule has 3 aliphatic carbocycles. The minimum Gasteiger partial charge on any atom is -0.0946 e.